The van der Waals surface area contributed by atoms with E-state index < -0.39 is 6.04 Å². The fraction of sp³-hybridized carbons (Fsp3) is 0.412. The van der Waals surface area contributed by atoms with Crippen molar-refractivity contribution in [1.29, 1.82) is 0 Å². The van der Waals surface area contributed by atoms with Gasteiger partial charge in [0, 0.05) is 6.54 Å². The Kier molecular flexibility index (Phi) is 7.98. The highest BCUT2D eigenvalue weighted by molar-refractivity contribution is 5.83. The minimum atomic E-state index is -0.592. The van der Waals surface area contributed by atoms with Crippen LogP contribution < -0.4 is 21.7 Å². The van der Waals surface area contributed by atoms with E-state index in [1.165, 1.54) is 27.8 Å². The van der Waals surface area contributed by atoms with Crippen LogP contribution in [0, 0.1) is 0 Å². The molecule has 208 valence electrons. The van der Waals surface area contributed by atoms with Crippen LogP contribution >= 0.6 is 0 Å². The summed E-state index contributed by atoms with van der Waals surface area (Å²) in [7, 11) is 0. The van der Waals surface area contributed by atoms with Crippen molar-refractivity contribution in [1.82, 2.24) is 16.0 Å². The quantitative estimate of drug-likeness (QED) is 0.360. The van der Waals surface area contributed by atoms with Gasteiger partial charge in [-0.15, -0.1) is 0 Å². The van der Waals surface area contributed by atoms with Gasteiger partial charge in [-0.25, -0.2) is 0 Å². The van der Waals surface area contributed by atoms with Gasteiger partial charge in [-0.3, -0.25) is 9.59 Å². The maximum absolute atomic E-state index is 13.1. The molecule has 40 heavy (non-hydrogen) atoms. The van der Waals surface area contributed by atoms with Gasteiger partial charge < -0.3 is 21.7 Å². The number of amides is 2. The molecule has 1 heterocycles. The van der Waals surface area contributed by atoms with Gasteiger partial charge in [-0.2, -0.15) is 0 Å². The van der Waals surface area contributed by atoms with Crippen molar-refractivity contribution in [2.24, 2.45) is 5.73 Å². The third-order valence-corrected chi connectivity index (χ3v) is 9.06. The predicted octanol–water partition coefficient (Wildman–Crippen LogP) is 4.39. The van der Waals surface area contributed by atoms with Crippen LogP contribution in [0.1, 0.15) is 83.5 Å². The summed E-state index contributed by atoms with van der Waals surface area (Å²) in [4.78, 5) is 26.1. The lowest BCUT2D eigenvalue weighted by molar-refractivity contribution is -0.124. The minimum Gasteiger partial charge on any atom is -0.348 e. The maximum atomic E-state index is 13.1. The Hall–Kier alpha value is -3.48. The van der Waals surface area contributed by atoms with Crippen LogP contribution in [0.4, 0.5) is 0 Å². The van der Waals surface area contributed by atoms with E-state index in [0.29, 0.717) is 6.42 Å². The zero-order valence-corrected chi connectivity index (χ0v) is 23.1. The fourth-order valence-corrected chi connectivity index (χ4v) is 6.82. The Balaban J connectivity index is 1.01. The molecule has 0 aromatic heterocycles. The van der Waals surface area contributed by atoms with E-state index in [2.05, 4.69) is 82.7 Å². The van der Waals surface area contributed by atoms with Gasteiger partial charge in [-0.05, 0) is 90.7 Å². The van der Waals surface area contributed by atoms with Crippen molar-refractivity contribution < 1.29 is 9.59 Å². The average molecular weight is 537 g/mol. The number of hydrogen-bond donors (Lipinski definition) is 4. The number of rotatable bonds is 7. The van der Waals surface area contributed by atoms with Crippen molar-refractivity contribution in [2.45, 2.75) is 81.5 Å². The molecule has 6 heteroatoms. The molecule has 2 aliphatic carbocycles. The highest BCUT2D eigenvalue weighted by Gasteiger charge is 2.32. The van der Waals surface area contributed by atoms with Gasteiger partial charge >= 0.3 is 0 Å². The first-order valence-corrected chi connectivity index (χ1v) is 14.9. The van der Waals surface area contributed by atoms with Crippen molar-refractivity contribution in [3.63, 3.8) is 0 Å². The number of hydrogen-bond acceptors (Lipinski definition) is 4. The number of carbonyl (C=O) groups excluding carboxylic acids is 2. The van der Waals surface area contributed by atoms with Gasteiger partial charge in [0.05, 0.1) is 24.2 Å². The second-order valence-electron chi connectivity index (χ2n) is 11.8. The molecule has 0 bridgehead atoms. The van der Waals surface area contributed by atoms with Gasteiger partial charge in [-0.1, -0.05) is 72.8 Å². The van der Waals surface area contributed by atoms with Crippen LogP contribution in [0.5, 0.6) is 0 Å². The molecule has 0 spiro atoms. The van der Waals surface area contributed by atoms with Crippen LogP contribution in [-0.4, -0.2) is 30.4 Å². The Morgan fingerprint density at radius 2 is 1.43 bits per heavy atom. The zero-order chi connectivity index (χ0) is 27.5. The van der Waals surface area contributed by atoms with E-state index >= 15 is 0 Å². The Morgan fingerprint density at radius 3 is 2.08 bits per heavy atom. The Morgan fingerprint density at radius 1 is 0.825 bits per heavy atom. The molecule has 5 N–H and O–H groups in total. The van der Waals surface area contributed by atoms with Crippen LogP contribution in [0.15, 0.2) is 72.8 Å². The largest absolute Gasteiger partial charge is 0.348 e. The number of carbonyl (C=O) groups is 2. The number of fused-ring (bicyclic) bond motifs is 2. The first-order valence-electron chi connectivity index (χ1n) is 14.9. The number of aryl methyl sites for hydroxylation is 2. The molecule has 0 saturated carbocycles. The predicted molar refractivity (Wildman–Crippen MR) is 158 cm³/mol. The summed E-state index contributed by atoms with van der Waals surface area (Å²) in [5.74, 6) is 0.283. The Bertz CT molecular complexity index is 1350. The summed E-state index contributed by atoms with van der Waals surface area (Å²) in [5, 5.41) is 9.94. The highest BCUT2D eigenvalue weighted by atomic mass is 16.2. The minimum absolute atomic E-state index is 0.0405. The monoisotopic (exact) mass is 536 g/mol. The third kappa shape index (κ3) is 5.84. The van der Waals surface area contributed by atoms with E-state index in [0.717, 1.165) is 57.1 Å². The fourth-order valence-electron chi connectivity index (χ4n) is 6.82. The summed E-state index contributed by atoms with van der Waals surface area (Å²) in [6.07, 6.45) is 7.56. The van der Waals surface area contributed by atoms with Crippen molar-refractivity contribution in [3.8, 4) is 0 Å². The van der Waals surface area contributed by atoms with Gasteiger partial charge in [0.1, 0.15) is 0 Å². The molecule has 1 aliphatic heterocycles. The first kappa shape index (κ1) is 26.7. The average Bonchev–Trinajstić information content (AvgIpc) is 3.49. The molecule has 6 nitrogen and oxygen atoms in total. The SMILES string of the molecule is NC(Cc1ccc([C@@H]2CN[C@H](C(=O)N[C@@H]3CCCc4ccccc43)C2)cc1)C(=O)N[C@@H]1CCCc2ccccc21. The smallest absolute Gasteiger partial charge is 0.237 e. The second kappa shape index (κ2) is 11.9. The molecule has 3 aromatic carbocycles. The number of nitrogens with two attached hydrogens (primary N) is 1. The third-order valence-electron chi connectivity index (χ3n) is 9.06. The lowest BCUT2D eigenvalue weighted by Crippen LogP contribution is -2.44. The summed E-state index contributed by atoms with van der Waals surface area (Å²) in [5.41, 5.74) is 13.8. The first-order chi connectivity index (χ1) is 19.5. The summed E-state index contributed by atoms with van der Waals surface area (Å²) in [6.45, 7) is 0.781. The van der Waals surface area contributed by atoms with Crippen LogP contribution in [-0.2, 0) is 28.9 Å². The topological polar surface area (TPSA) is 96.2 Å². The summed E-state index contributed by atoms with van der Waals surface area (Å²) < 4.78 is 0. The lowest BCUT2D eigenvalue weighted by Gasteiger charge is -2.27. The maximum Gasteiger partial charge on any atom is 0.237 e. The van der Waals surface area contributed by atoms with Gasteiger partial charge in [0.2, 0.25) is 11.8 Å². The molecule has 1 saturated heterocycles. The molecule has 5 atom stereocenters. The van der Waals surface area contributed by atoms with E-state index in [1.807, 2.05) is 6.07 Å². The highest BCUT2D eigenvalue weighted by Crippen LogP contribution is 2.32. The van der Waals surface area contributed by atoms with Crippen molar-refractivity contribution in [2.75, 3.05) is 6.54 Å². The molecule has 1 unspecified atom stereocenters. The molecule has 2 amide bonds. The van der Waals surface area contributed by atoms with Crippen LogP contribution in [0.25, 0.3) is 0 Å². The molecule has 6 rings (SSSR count). The molecule has 0 radical (unpaired) electrons. The molecular weight excluding hydrogens is 496 g/mol. The van der Waals surface area contributed by atoms with Gasteiger partial charge in [0.25, 0.3) is 0 Å². The van der Waals surface area contributed by atoms with Crippen molar-refractivity contribution in [3.05, 3.63) is 106 Å². The number of benzene rings is 3. The zero-order valence-electron chi connectivity index (χ0n) is 23.1. The van der Waals surface area contributed by atoms with E-state index in [-0.39, 0.29) is 35.9 Å². The van der Waals surface area contributed by atoms with Crippen molar-refractivity contribution >= 4 is 11.8 Å². The Labute approximate surface area is 237 Å². The molecule has 3 aliphatic rings. The van der Waals surface area contributed by atoms with E-state index in [1.54, 1.807) is 0 Å². The summed E-state index contributed by atoms with van der Waals surface area (Å²) in [6, 6.07) is 24.6. The normalized spacial score (nSPS) is 24.4. The summed E-state index contributed by atoms with van der Waals surface area (Å²) >= 11 is 0. The number of nitrogens with one attached hydrogen (secondary N) is 3. The molecule has 3 aromatic rings. The second-order valence-corrected chi connectivity index (χ2v) is 11.8. The van der Waals surface area contributed by atoms with E-state index in [4.69, 9.17) is 5.73 Å². The van der Waals surface area contributed by atoms with E-state index in [9.17, 15) is 9.59 Å². The molecular formula is C34H40N4O2. The van der Waals surface area contributed by atoms with Crippen LogP contribution in [0.2, 0.25) is 0 Å². The van der Waals surface area contributed by atoms with Crippen LogP contribution in [0.3, 0.4) is 0 Å². The van der Waals surface area contributed by atoms with Gasteiger partial charge in [0.15, 0.2) is 0 Å². The standard InChI is InChI=1S/C34H40N4O2/c35-29(33(39)37-30-13-5-9-24-7-1-3-11-27(24)30)19-22-15-17-23(18-16-22)26-20-32(36-21-26)34(40)38-31-14-6-10-25-8-2-4-12-28(25)31/h1-4,7-8,11-12,15-18,26,29-32,36H,5-6,9-10,13-14,19-21,35H2,(H,37,39)(H,38,40)/t26-,29?,30+,31+,32-/m0/s1. The molecule has 1 fully saturated rings. The lowest BCUT2D eigenvalue weighted by atomic mass is 9.87.